The van der Waals surface area contributed by atoms with Crippen LogP contribution < -0.4 is 5.84 Å². The van der Waals surface area contributed by atoms with Crippen LogP contribution in [0.5, 0.6) is 0 Å². The number of hydrazine groups is 1. The van der Waals surface area contributed by atoms with Crippen LogP contribution in [0.1, 0.15) is 10.8 Å². The molecule has 14 heavy (non-hydrogen) atoms. The van der Waals surface area contributed by atoms with E-state index in [4.69, 9.17) is 18.1 Å². The smallest absolute Gasteiger partial charge is 0.260 e. The van der Waals surface area contributed by atoms with Gasteiger partial charge in [-0.05, 0) is 5.56 Å². The number of carbonyl (C=O) groups is 1. The van der Waals surface area contributed by atoms with Crippen LogP contribution >= 0.6 is 24.0 Å². The first-order chi connectivity index (χ1) is 6.70. The minimum Gasteiger partial charge on any atom is -0.271 e. The van der Waals surface area contributed by atoms with Crippen molar-refractivity contribution < 1.29 is 4.79 Å². The summed E-state index contributed by atoms with van der Waals surface area (Å²) in [6.45, 7) is 0. The maximum absolute atomic E-state index is 11.6. The number of rotatable bonds is 1. The lowest BCUT2D eigenvalue weighted by Gasteiger charge is -2.07. The lowest BCUT2D eigenvalue weighted by atomic mass is 10.1. The molecule has 1 aromatic rings. The molecule has 0 aromatic heterocycles. The van der Waals surface area contributed by atoms with Gasteiger partial charge in [0.15, 0.2) is 4.32 Å². The molecule has 2 N–H and O–H groups in total. The van der Waals surface area contributed by atoms with Crippen molar-refractivity contribution in [1.29, 1.82) is 0 Å². The molecule has 1 amide bonds. The maximum atomic E-state index is 11.6. The van der Waals surface area contributed by atoms with Crippen LogP contribution in [0.25, 0.3) is 0 Å². The number of benzene rings is 1. The van der Waals surface area contributed by atoms with Gasteiger partial charge in [0.25, 0.3) is 5.91 Å². The highest BCUT2D eigenvalue weighted by atomic mass is 32.2. The summed E-state index contributed by atoms with van der Waals surface area (Å²) < 4.78 is 0.434. The Balaban J connectivity index is 2.30. The fourth-order valence-electron chi connectivity index (χ4n) is 1.26. The van der Waals surface area contributed by atoms with Crippen molar-refractivity contribution in [3.63, 3.8) is 0 Å². The number of thioether (sulfide) groups is 1. The van der Waals surface area contributed by atoms with Crippen molar-refractivity contribution >= 4 is 34.2 Å². The van der Waals surface area contributed by atoms with Gasteiger partial charge in [-0.3, -0.25) is 4.79 Å². The van der Waals surface area contributed by atoms with Crippen molar-refractivity contribution in [2.45, 2.75) is 5.25 Å². The lowest BCUT2D eigenvalue weighted by molar-refractivity contribution is -0.126. The van der Waals surface area contributed by atoms with Gasteiger partial charge >= 0.3 is 0 Å². The molecule has 0 spiro atoms. The zero-order chi connectivity index (χ0) is 10.1. The van der Waals surface area contributed by atoms with Crippen LogP contribution in [-0.2, 0) is 4.79 Å². The fourth-order valence-corrected chi connectivity index (χ4v) is 2.55. The Morgan fingerprint density at radius 1 is 1.36 bits per heavy atom. The SMILES string of the molecule is NN1C(=O)C(c2ccccc2)SC1=S. The molecule has 1 aliphatic heterocycles. The van der Waals surface area contributed by atoms with E-state index in [0.717, 1.165) is 10.6 Å². The molecule has 1 heterocycles. The normalized spacial score (nSPS) is 21.8. The third kappa shape index (κ3) is 1.54. The van der Waals surface area contributed by atoms with Crippen molar-refractivity contribution in [1.82, 2.24) is 5.01 Å². The van der Waals surface area contributed by atoms with E-state index in [-0.39, 0.29) is 11.2 Å². The van der Waals surface area contributed by atoms with Gasteiger partial charge in [-0.15, -0.1) is 0 Å². The molecule has 0 radical (unpaired) electrons. The summed E-state index contributed by atoms with van der Waals surface area (Å²) in [6, 6.07) is 9.50. The molecule has 1 aliphatic rings. The summed E-state index contributed by atoms with van der Waals surface area (Å²) in [5, 5.41) is 0.770. The summed E-state index contributed by atoms with van der Waals surface area (Å²) in [5.74, 6) is 5.32. The predicted molar refractivity (Wildman–Crippen MR) is 60.4 cm³/mol. The molecule has 1 fully saturated rings. The summed E-state index contributed by atoms with van der Waals surface area (Å²) in [4.78, 5) is 11.6. The highest BCUT2D eigenvalue weighted by molar-refractivity contribution is 8.24. The van der Waals surface area contributed by atoms with E-state index >= 15 is 0 Å². The molecule has 1 atom stereocenters. The number of nitrogens with two attached hydrogens (primary N) is 1. The Morgan fingerprint density at radius 3 is 2.50 bits per heavy atom. The van der Waals surface area contributed by atoms with Gasteiger partial charge in [0.1, 0.15) is 5.25 Å². The van der Waals surface area contributed by atoms with Crippen molar-refractivity contribution in [3.05, 3.63) is 35.9 Å². The number of nitrogens with zero attached hydrogens (tertiary/aromatic N) is 1. The molecule has 72 valence electrons. The van der Waals surface area contributed by atoms with E-state index in [2.05, 4.69) is 0 Å². The Hall–Kier alpha value is -0.910. The van der Waals surface area contributed by atoms with Crippen molar-refractivity contribution in [2.75, 3.05) is 0 Å². The first kappa shape index (κ1) is 9.64. The number of hydrogen-bond acceptors (Lipinski definition) is 4. The quantitative estimate of drug-likeness (QED) is 0.446. The number of amides is 1. The average Bonchev–Trinajstić information content (AvgIpc) is 2.47. The van der Waals surface area contributed by atoms with E-state index in [1.807, 2.05) is 30.3 Å². The first-order valence-electron chi connectivity index (χ1n) is 4.04. The summed E-state index contributed by atoms with van der Waals surface area (Å²) in [5.41, 5.74) is 0.942. The van der Waals surface area contributed by atoms with Crippen LogP contribution in [0.4, 0.5) is 0 Å². The molecular formula is C9H8N2OS2. The summed E-state index contributed by atoms with van der Waals surface area (Å²) in [6.07, 6.45) is 0. The summed E-state index contributed by atoms with van der Waals surface area (Å²) >= 11 is 6.26. The third-order valence-electron chi connectivity index (χ3n) is 1.98. The number of thiocarbonyl (C=S) groups is 1. The van der Waals surface area contributed by atoms with Gasteiger partial charge < -0.3 is 0 Å². The standard InChI is InChI=1S/C9H8N2OS2/c10-11-8(12)7(14-9(11)13)6-4-2-1-3-5-6/h1-5,7H,10H2. The molecule has 0 aliphatic carbocycles. The summed E-state index contributed by atoms with van der Waals surface area (Å²) in [7, 11) is 0. The fraction of sp³-hybridized carbons (Fsp3) is 0.111. The molecule has 0 bridgehead atoms. The van der Waals surface area contributed by atoms with Crippen LogP contribution in [0.2, 0.25) is 0 Å². The van der Waals surface area contributed by atoms with E-state index in [1.54, 1.807) is 0 Å². The highest BCUT2D eigenvalue weighted by Crippen LogP contribution is 2.37. The van der Waals surface area contributed by atoms with Gasteiger partial charge in [-0.25, -0.2) is 10.9 Å². The molecular weight excluding hydrogens is 216 g/mol. The molecule has 2 rings (SSSR count). The second-order valence-corrected chi connectivity index (χ2v) is 4.62. The monoisotopic (exact) mass is 224 g/mol. The molecule has 1 saturated heterocycles. The van der Waals surface area contributed by atoms with E-state index in [9.17, 15) is 4.79 Å². The average molecular weight is 224 g/mol. The second-order valence-electron chi connectivity index (χ2n) is 2.88. The Kier molecular flexibility index (Phi) is 2.54. The number of carbonyl (C=O) groups excluding carboxylic acids is 1. The van der Waals surface area contributed by atoms with E-state index in [0.29, 0.717) is 4.32 Å². The molecule has 1 aromatic carbocycles. The van der Waals surface area contributed by atoms with Gasteiger partial charge in [0.2, 0.25) is 0 Å². The third-order valence-corrected chi connectivity index (χ3v) is 3.57. The minimum absolute atomic E-state index is 0.147. The van der Waals surface area contributed by atoms with Crippen molar-refractivity contribution in [2.24, 2.45) is 5.84 Å². The maximum Gasteiger partial charge on any atom is 0.260 e. The molecule has 1 unspecified atom stereocenters. The van der Waals surface area contributed by atoms with Crippen LogP contribution in [0.3, 0.4) is 0 Å². The van der Waals surface area contributed by atoms with E-state index in [1.165, 1.54) is 11.8 Å². The minimum atomic E-state index is -0.270. The molecule has 5 heteroatoms. The van der Waals surface area contributed by atoms with Gasteiger partial charge in [0.05, 0.1) is 0 Å². The van der Waals surface area contributed by atoms with Gasteiger partial charge in [0, 0.05) is 0 Å². The topological polar surface area (TPSA) is 46.3 Å². The number of hydrogen-bond donors (Lipinski definition) is 1. The first-order valence-corrected chi connectivity index (χ1v) is 5.33. The Bertz CT molecular complexity index is 380. The van der Waals surface area contributed by atoms with E-state index < -0.39 is 0 Å². The highest BCUT2D eigenvalue weighted by Gasteiger charge is 2.36. The Labute approximate surface area is 91.2 Å². The molecule has 0 saturated carbocycles. The van der Waals surface area contributed by atoms with Gasteiger partial charge in [-0.2, -0.15) is 0 Å². The predicted octanol–water partition coefficient (Wildman–Crippen LogP) is 1.46. The second kappa shape index (κ2) is 3.68. The lowest BCUT2D eigenvalue weighted by Crippen LogP contribution is -2.35. The van der Waals surface area contributed by atoms with Crippen LogP contribution in [-0.4, -0.2) is 15.2 Å². The zero-order valence-corrected chi connectivity index (χ0v) is 8.85. The largest absolute Gasteiger partial charge is 0.271 e. The zero-order valence-electron chi connectivity index (χ0n) is 7.21. The molecule has 3 nitrogen and oxygen atoms in total. The van der Waals surface area contributed by atoms with Crippen LogP contribution in [0.15, 0.2) is 30.3 Å². The van der Waals surface area contributed by atoms with Crippen molar-refractivity contribution in [3.8, 4) is 0 Å². The Morgan fingerprint density at radius 2 is 2.00 bits per heavy atom. The van der Waals surface area contributed by atoms with Crippen LogP contribution in [0, 0.1) is 0 Å². The van der Waals surface area contributed by atoms with Gasteiger partial charge in [-0.1, -0.05) is 54.3 Å².